The number of aryl methyl sites for hydroxylation is 2. The molecule has 0 aliphatic heterocycles. The highest BCUT2D eigenvalue weighted by atomic mass is 16.2. The first-order valence-electron chi connectivity index (χ1n) is 9.71. The smallest absolute Gasteiger partial charge is 0.319 e. The Kier molecular flexibility index (Phi) is 5.30. The summed E-state index contributed by atoms with van der Waals surface area (Å²) in [6.07, 6.45) is 0. The van der Waals surface area contributed by atoms with Crippen molar-refractivity contribution in [1.29, 1.82) is 0 Å². The Bertz CT molecular complexity index is 1280. The number of carbonyl (C=O) groups is 1. The minimum absolute atomic E-state index is 0.112. The van der Waals surface area contributed by atoms with E-state index in [1.165, 1.54) is 0 Å². The Labute approximate surface area is 174 Å². The monoisotopic (exact) mass is 398 g/mol. The molecule has 0 radical (unpaired) electrons. The average Bonchev–Trinajstić information content (AvgIpc) is 2.75. The molecule has 4 aromatic rings. The van der Waals surface area contributed by atoms with Crippen molar-refractivity contribution in [2.45, 2.75) is 20.4 Å². The van der Waals surface area contributed by atoms with Gasteiger partial charge in [-0.3, -0.25) is 9.36 Å². The van der Waals surface area contributed by atoms with Gasteiger partial charge in [-0.15, -0.1) is 0 Å². The highest BCUT2D eigenvalue weighted by Gasteiger charge is 2.11. The molecular formula is C24H22N4O2. The lowest BCUT2D eigenvalue weighted by atomic mass is 10.1. The molecule has 0 saturated heterocycles. The molecule has 2 amide bonds. The number of urea groups is 1. The summed E-state index contributed by atoms with van der Waals surface area (Å²) in [5.41, 5.74) is 3.84. The molecule has 0 spiro atoms. The van der Waals surface area contributed by atoms with Gasteiger partial charge >= 0.3 is 6.03 Å². The van der Waals surface area contributed by atoms with Gasteiger partial charge in [-0.2, -0.15) is 0 Å². The first-order valence-corrected chi connectivity index (χ1v) is 9.71. The molecule has 30 heavy (non-hydrogen) atoms. The van der Waals surface area contributed by atoms with E-state index in [1.54, 1.807) is 16.7 Å². The molecule has 0 saturated carbocycles. The van der Waals surface area contributed by atoms with E-state index in [2.05, 4.69) is 15.6 Å². The number of fused-ring (bicyclic) bond motifs is 1. The van der Waals surface area contributed by atoms with Crippen molar-refractivity contribution in [3.8, 4) is 5.69 Å². The van der Waals surface area contributed by atoms with Crippen LogP contribution < -0.4 is 16.2 Å². The van der Waals surface area contributed by atoms with Gasteiger partial charge in [-0.25, -0.2) is 9.78 Å². The number of anilines is 1. The third-order valence-electron chi connectivity index (χ3n) is 4.96. The van der Waals surface area contributed by atoms with Crippen LogP contribution in [0.15, 0.2) is 77.6 Å². The van der Waals surface area contributed by atoms with Crippen molar-refractivity contribution in [2.24, 2.45) is 0 Å². The molecule has 4 rings (SSSR count). The zero-order valence-corrected chi connectivity index (χ0v) is 16.8. The Morgan fingerprint density at radius 2 is 1.70 bits per heavy atom. The highest BCUT2D eigenvalue weighted by molar-refractivity contribution is 5.90. The van der Waals surface area contributed by atoms with E-state index in [0.29, 0.717) is 34.6 Å². The lowest BCUT2D eigenvalue weighted by Gasteiger charge is -2.14. The molecule has 0 atom stereocenters. The number of benzene rings is 3. The SMILES string of the molecule is Cc1cc(-n2c(C)nc3ccccc3c2=O)ccc1NC(=O)NCc1ccccc1. The Hall–Kier alpha value is -3.93. The fraction of sp³-hybridized carbons (Fsp3) is 0.125. The maximum atomic E-state index is 13.0. The summed E-state index contributed by atoms with van der Waals surface area (Å²) in [5.74, 6) is 0.611. The number of amides is 2. The molecular weight excluding hydrogens is 376 g/mol. The molecule has 2 N–H and O–H groups in total. The van der Waals surface area contributed by atoms with E-state index in [9.17, 15) is 9.59 Å². The van der Waals surface area contributed by atoms with Crippen LogP contribution in [0, 0.1) is 13.8 Å². The van der Waals surface area contributed by atoms with Crippen LogP contribution in [0.3, 0.4) is 0 Å². The Balaban J connectivity index is 1.56. The number of hydrogen-bond donors (Lipinski definition) is 2. The average molecular weight is 398 g/mol. The number of hydrogen-bond acceptors (Lipinski definition) is 3. The molecule has 1 aromatic heterocycles. The van der Waals surface area contributed by atoms with Crippen molar-refractivity contribution >= 4 is 22.6 Å². The number of nitrogens with zero attached hydrogens (tertiary/aromatic N) is 2. The van der Waals surface area contributed by atoms with Crippen LogP contribution in [0.1, 0.15) is 17.0 Å². The predicted molar refractivity (Wildman–Crippen MR) is 119 cm³/mol. The third-order valence-corrected chi connectivity index (χ3v) is 4.96. The second-order valence-electron chi connectivity index (χ2n) is 7.11. The molecule has 3 aromatic carbocycles. The molecule has 0 bridgehead atoms. The van der Waals surface area contributed by atoms with Crippen LogP contribution >= 0.6 is 0 Å². The van der Waals surface area contributed by atoms with Crippen molar-refractivity contribution in [3.63, 3.8) is 0 Å². The Morgan fingerprint density at radius 3 is 2.47 bits per heavy atom. The van der Waals surface area contributed by atoms with Gasteiger partial charge in [0.1, 0.15) is 5.82 Å². The van der Waals surface area contributed by atoms with Gasteiger partial charge in [-0.1, -0.05) is 42.5 Å². The number of aromatic nitrogens is 2. The number of nitrogens with one attached hydrogen (secondary N) is 2. The fourth-order valence-electron chi connectivity index (χ4n) is 3.42. The van der Waals surface area contributed by atoms with Gasteiger partial charge in [0.25, 0.3) is 5.56 Å². The van der Waals surface area contributed by atoms with E-state index in [0.717, 1.165) is 11.1 Å². The van der Waals surface area contributed by atoms with Crippen LogP contribution in [0.2, 0.25) is 0 Å². The van der Waals surface area contributed by atoms with Crippen molar-refractivity contribution < 1.29 is 4.79 Å². The summed E-state index contributed by atoms with van der Waals surface area (Å²) in [4.78, 5) is 29.8. The summed E-state index contributed by atoms with van der Waals surface area (Å²) in [6, 6.07) is 22.2. The van der Waals surface area contributed by atoms with E-state index in [1.807, 2.05) is 74.5 Å². The van der Waals surface area contributed by atoms with Gasteiger partial charge in [0.15, 0.2) is 0 Å². The van der Waals surface area contributed by atoms with Gasteiger partial charge in [0.05, 0.1) is 16.6 Å². The maximum Gasteiger partial charge on any atom is 0.319 e. The molecule has 0 aliphatic carbocycles. The fourth-order valence-corrected chi connectivity index (χ4v) is 3.42. The summed E-state index contributed by atoms with van der Waals surface area (Å²) in [5, 5.41) is 6.28. The van der Waals surface area contributed by atoms with Gasteiger partial charge < -0.3 is 10.6 Å². The van der Waals surface area contributed by atoms with Crippen LogP contribution in [0.5, 0.6) is 0 Å². The normalized spacial score (nSPS) is 10.7. The predicted octanol–water partition coefficient (Wildman–Crippen LogP) is 4.32. The third kappa shape index (κ3) is 3.93. The van der Waals surface area contributed by atoms with Crippen molar-refractivity contribution in [2.75, 3.05) is 5.32 Å². The van der Waals surface area contributed by atoms with E-state index in [-0.39, 0.29) is 11.6 Å². The minimum atomic E-state index is -0.282. The minimum Gasteiger partial charge on any atom is -0.334 e. The summed E-state index contributed by atoms with van der Waals surface area (Å²) in [6.45, 7) is 4.15. The lowest BCUT2D eigenvalue weighted by Crippen LogP contribution is -2.28. The quantitative estimate of drug-likeness (QED) is 0.537. The zero-order valence-electron chi connectivity index (χ0n) is 16.8. The van der Waals surface area contributed by atoms with E-state index < -0.39 is 0 Å². The first-order chi connectivity index (χ1) is 14.5. The van der Waals surface area contributed by atoms with Gasteiger partial charge in [0.2, 0.25) is 0 Å². The van der Waals surface area contributed by atoms with Crippen LogP contribution in [0.4, 0.5) is 10.5 Å². The van der Waals surface area contributed by atoms with Crippen LogP contribution in [0.25, 0.3) is 16.6 Å². The molecule has 1 heterocycles. The lowest BCUT2D eigenvalue weighted by molar-refractivity contribution is 0.251. The standard InChI is InChI=1S/C24H22N4O2/c1-16-14-19(28-17(2)26-22-11-7-6-10-20(22)23(28)29)12-13-21(16)27-24(30)25-15-18-8-4-3-5-9-18/h3-14H,15H2,1-2H3,(H2,25,27,30). The molecule has 6 heteroatoms. The molecule has 150 valence electrons. The van der Waals surface area contributed by atoms with Gasteiger partial charge in [-0.05, 0) is 55.3 Å². The van der Waals surface area contributed by atoms with E-state index in [4.69, 9.17) is 0 Å². The number of para-hydroxylation sites is 1. The maximum absolute atomic E-state index is 13.0. The van der Waals surface area contributed by atoms with Gasteiger partial charge in [0, 0.05) is 12.2 Å². The van der Waals surface area contributed by atoms with Crippen molar-refractivity contribution in [3.05, 3.63) is 100 Å². The Morgan fingerprint density at radius 1 is 0.967 bits per heavy atom. The molecule has 0 unspecified atom stereocenters. The molecule has 6 nitrogen and oxygen atoms in total. The van der Waals surface area contributed by atoms with Crippen LogP contribution in [-0.4, -0.2) is 15.6 Å². The first kappa shape index (κ1) is 19.4. The summed E-state index contributed by atoms with van der Waals surface area (Å²) < 4.78 is 1.59. The highest BCUT2D eigenvalue weighted by Crippen LogP contribution is 2.20. The topological polar surface area (TPSA) is 76.0 Å². The largest absolute Gasteiger partial charge is 0.334 e. The molecule has 0 fully saturated rings. The molecule has 0 aliphatic rings. The van der Waals surface area contributed by atoms with Crippen molar-refractivity contribution in [1.82, 2.24) is 14.9 Å². The second kappa shape index (κ2) is 8.21. The second-order valence-corrected chi connectivity index (χ2v) is 7.11. The van der Waals surface area contributed by atoms with E-state index >= 15 is 0 Å². The number of carbonyl (C=O) groups excluding carboxylic acids is 1. The summed E-state index contributed by atoms with van der Waals surface area (Å²) in [7, 11) is 0. The van der Waals surface area contributed by atoms with Crippen LogP contribution in [-0.2, 0) is 6.54 Å². The zero-order chi connectivity index (χ0) is 21.1. The number of rotatable bonds is 4. The summed E-state index contributed by atoms with van der Waals surface area (Å²) >= 11 is 0.